The van der Waals surface area contributed by atoms with Crippen LogP contribution in [0, 0.1) is 0 Å². The van der Waals surface area contributed by atoms with Crippen molar-refractivity contribution >= 4 is 16.5 Å². The summed E-state index contributed by atoms with van der Waals surface area (Å²) in [5.74, 6) is 0. The van der Waals surface area contributed by atoms with Crippen LogP contribution in [-0.2, 0) is 0 Å². The Morgan fingerprint density at radius 3 is 2.35 bits per heavy atom. The Labute approximate surface area is 102 Å². The summed E-state index contributed by atoms with van der Waals surface area (Å²) in [6.07, 6.45) is 0. The number of nitrogens with one attached hydrogen (secondary N) is 1. The van der Waals surface area contributed by atoms with Crippen molar-refractivity contribution in [2.24, 2.45) is 0 Å². The molecule has 1 unspecified atom stereocenters. The second-order valence-corrected chi connectivity index (χ2v) is 5.08. The van der Waals surface area contributed by atoms with E-state index in [9.17, 15) is 5.11 Å². The Hall–Kier alpha value is -1.54. The summed E-state index contributed by atoms with van der Waals surface area (Å²) in [5.41, 5.74) is 0.310. The molecule has 2 aromatic carbocycles. The average molecular weight is 229 g/mol. The van der Waals surface area contributed by atoms with E-state index >= 15 is 0 Å². The van der Waals surface area contributed by atoms with Gasteiger partial charge in [-0.25, -0.2) is 0 Å². The molecule has 0 heterocycles. The Balaban J connectivity index is 2.25. The lowest BCUT2D eigenvalue weighted by Crippen LogP contribution is -2.39. The molecule has 0 aromatic heterocycles. The molecule has 2 aromatic rings. The molecule has 0 saturated carbocycles. The molecule has 0 saturated heterocycles. The lowest BCUT2D eigenvalue weighted by molar-refractivity contribution is 0.0649. The van der Waals surface area contributed by atoms with E-state index in [1.807, 2.05) is 39.0 Å². The van der Waals surface area contributed by atoms with E-state index in [0.717, 1.165) is 5.69 Å². The largest absolute Gasteiger partial charge is 0.388 e. The van der Waals surface area contributed by atoms with Crippen molar-refractivity contribution in [2.45, 2.75) is 32.4 Å². The Kier molecular flexibility index (Phi) is 3.07. The highest BCUT2D eigenvalue weighted by Crippen LogP contribution is 2.21. The Morgan fingerprint density at radius 2 is 1.71 bits per heavy atom. The smallest absolute Gasteiger partial charge is 0.0789 e. The number of rotatable bonds is 3. The van der Waals surface area contributed by atoms with Crippen molar-refractivity contribution in [3.63, 3.8) is 0 Å². The van der Waals surface area contributed by atoms with Gasteiger partial charge in [0.15, 0.2) is 0 Å². The summed E-state index contributed by atoms with van der Waals surface area (Å²) in [4.78, 5) is 0. The maximum Gasteiger partial charge on any atom is 0.0789 e. The van der Waals surface area contributed by atoms with Gasteiger partial charge < -0.3 is 10.4 Å². The van der Waals surface area contributed by atoms with E-state index < -0.39 is 5.60 Å². The predicted octanol–water partition coefficient (Wildman–Crippen LogP) is 3.41. The number of hydrogen-bond donors (Lipinski definition) is 2. The molecule has 90 valence electrons. The zero-order valence-corrected chi connectivity index (χ0v) is 10.6. The van der Waals surface area contributed by atoms with E-state index in [1.54, 1.807) is 0 Å². The van der Waals surface area contributed by atoms with Crippen LogP contribution in [0.1, 0.15) is 20.8 Å². The monoisotopic (exact) mass is 229 g/mol. The summed E-state index contributed by atoms with van der Waals surface area (Å²) in [5, 5.41) is 15.7. The van der Waals surface area contributed by atoms with Crippen LogP contribution in [0.5, 0.6) is 0 Å². The zero-order chi connectivity index (χ0) is 12.5. The highest BCUT2D eigenvalue weighted by molar-refractivity contribution is 5.85. The van der Waals surface area contributed by atoms with Gasteiger partial charge in [0.2, 0.25) is 0 Å². The van der Waals surface area contributed by atoms with E-state index in [0.29, 0.717) is 0 Å². The first-order valence-corrected chi connectivity index (χ1v) is 5.94. The molecule has 0 aliphatic carbocycles. The maximum absolute atomic E-state index is 9.90. The maximum atomic E-state index is 9.90. The summed E-state index contributed by atoms with van der Waals surface area (Å²) < 4.78 is 0. The number of anilines is 1. The first-order chi connectivity index (χ1) is 7.97. The van der Waals surface area contributed by atoms with Crippen molar-refractivity contribution in [3.8, 4) is 0 Å². The first-order valence-electron chi connectivity index (χ1n) is 5.94. The van der Waals surface area contributed by atoms with Gasteiger partial charge >= 0.3 is 0 Å². The standard InChI is InChI=1S/C15H19NO/c1-11(15(2,3)17)16-14-9-8-12-6-4-5-7-13(12)10-14/h4-11,16-17H,1-3H3. The SMILES string of the molecule is CC(Nc1ccc2ccccc2c1)C(C)(C)O. The van der Waals surface area contributed by atoms with Crippen molar-refractivity contribution < 1.29 is 5.11 Å². The van der Waals surface area contributed by atoms with Crippen LogP contribution in [0.3, 0.4) is 0 Å². The van der Waals surface area contributed by atoms with Gasteiger partial charge in [-0.1, -0.05) is 30.3 Å². The third kappa shape index (κ3) is 2.77. The number of fused-ring (bicyclic) bond motifs is 1. The van der Waals surface area contributed by atoms with Crippen LogP contribution in [0.25, 0.3) is 10.8 Å². The van der Waals surface area contributed by atoms with Crippen LogP contribution in [-0.4, -0.2) is 16.7 Å². The first kappa shape index (κ1) is 11.9. The number of hydrogen-bond acceptors (Lipinski definition) is 2. The van der Waals surface area contributed by atoms with Crippen molar-refractivity contribution in [1.29, 1.82) is 0 Å². The molecule has 2 rings (SSSR count). The number of aliphatic hydroxyl groups is 1. The second kappa shape index (κ2) is 4.38. The summed E-state index contributed by atoms with van der Waals surface area (Å²) in [6.45, 7) is 5.60. The van der Waals surface area contributed by atoms with Crippen molar-refractivity contribution in [2.75, 3.05) is 5.32 Å². The third-order valence-corrected chi connectivity index (χ3v) is 3.19. The van der Waals surface area contributed by atoms with Crippen LogP contribution in [0.15, 0.2) is 42.5 Å². The van der Waals surface area contributed by atoms with E-state index in [-0.39, 0.29) is 6.04 Å². The summed E-state index contributed by atoms with van der Waals surface area (Å²) in [7, 11) is 0. The molecule has 0 aliphatic heterocycles. The highest BCUT2D eigenvalue weighted by Gasteiger charge is 2.21. The fraction of sp³-hybridized carbons (Fsp3) is 0.333. The lowest BCUT2D eigenvalue weighted by atomic mass is 10.0. The van der Waals surface area contributed by atoms with E-state index in [2.05, 4.69) is 29.6 Å². The fourth-order valence-corrected chi connectivity index (χ4v) is 1.71. The number of benzene rings is 2. The lowest BCUT2D eigenvalue weighted by Gasteiger charge is -2.27. The molecule has 0 aliphatic rings. The van der Waals surface area contributed by atoms with Gasteiger partial charge in [-0.15, -0.1) is 0 Å². The van der Waals surface area contributed by atoms with Gasteiger partial charge in [0.25, 0.3) is 0 Å². The summed E-state index contributed by atoms with van der Waals surface area (Å²) in [6, 6.07) is 14.5. The van der Waals surface area contributed by atoms with Gasteiger partial charge in [0.1, 0.15) is 0 Å². The van der Waals surface area contributed by atoms with Gasteiger partial charge in [0.05, 0.1) is 11.6 Å². The van der Waals surface area contributed by atoms with Crippen LogP contribution in [0.4, 0.5) is 5.69 Å². The summed E-state index contributed by atoms with van der Waals surface area (Å²) >= 11 is 0. The minimum absolute atomic E-state index is 0.00339. The topological polar surface area (TPSA) is 32.3 Å². The average Bonchev–Trinajstić information content (AvgIpc) is 2.27. The predicted molar refractivity (Wildman–Crippen MR) is 73.3 cm³/mol. The minimum atomic E-state index is -0.731. The quantitative estimate of drug-likeness (QED) is 0.845. The van der Waals surface area contributed by atoms with Gasteiger partial charge in [-0.05, 0) is 43.7 Å². The molecular formula is C15H19NO. The van der Waals surface area contributed by atoms with Crippen LogP contribution < -0.4 is 5.32 Å². The molecule has 1 atom stereocenters. The molecule has 0 spiro atoms. The molecule has 0 amide bonds. The van der Waals surface area contributed by atoms with Gasteiger partial charge in [0, 0.05) is 5.69 Å². The van der Waals surface area contributed by atoms with Gasteiger partial charge in [-0.3, -0.25) is 0 Å². The van der Waals surface area contributed by atoms with E-state index in [4.69, 9.17) is 0 Å². The zero-order valence-electron chi connectivity index (χ0n) is 10.6. The minimum Gasteiger partial charge on any atom is -0.388 e. The van der Waals surface area contributed by atoms with Crippen LogP contribution >= 0.6 is 0 Å². The van der Waals surface area contributed by atoms with E-state index in [1.165, 1.54) is 10.8 Å². The molecule has 2 nitrogen and oxygen atoms in total. The third-order valence-electron chi connectivity index (χ3n) is 3.19. The van der Waals surface area contributed by atoms with Crippen LogP contribution in [0.2, 0.25) is 0 Å². The fourth-order valence-electron chi connectivity index (χ4n) is 1.71. The Morgan fingerprint density at radius 1 is 1.06 bits per heavy atom. The molecule has 0 bridgehead atoms. The second-order valence-electron chi connectivity index (χ2n) is 5.08. The Bertz CT molecular complexity index is 514. The molecule has 0 fully saturated rings. The highest BCUT2D eigenvalue weighted by atomic mass is 16.3. The van der Waals surface area contributed by atoms with Crippen molar-refractivity contribution in [3.05, 3.63) is 42.5 Å². The van der Waals surface area contributed by atoms with Gasteiger partial charge in [-0.2, -0.15) is 0 Å². The molecule has 0 radical (unpaired) electrons. The molecule has 2 N–H and O–H groups in total. The molecule has 17 heavy (non-hydrogen) atoms. The molecular weight excluding hydrogens is 210 g/mol. The van der Waals surface area contributed by atoms with Crippen molar-refractivity contribution in [1.82, 2.24) is 0 Å². The molecule has 2 heteroatoms. The normalized spacial score (nSPS) is 13.6.